The SMILES string of the molecule is COC1CCN(C(C)(CN)CCCC(F)(F)F)C1. The van der Waals surface area contributed by atoms with Crippen molar-refractivity contribution in [2.75, 3.05) is 26.7 Å². The van der Waals surface area contributed by atoms with E-state index < -0.39 is 12.6 Å². The summed E-state index contributed by atoms with van der Waals surface area (Å²) in [6, 6.07) is 0. The number of ether oxygens (including phenoxy) is 1. The molecule has 0 aromatic rings. The van der Waals surface area contributed by atoms with Crippen molar-refractivity contribution in [3.63, 3.8) is 0 Å². The Morgan fingerprint density at radius 2 is 2.00 bits per heavy atom. The molecule has 0 amide bonds. The highest BCUT2D eigenvalue weighted by molar-refractivity contribution is 4.92. The summed E-state index contributed by atoms with van der Waals surface area (Å²) in [6.45, 7) is 3.93. The van der Waals surface area contributed by atoms with Gasteiger partial charge in [0, 0.05) is 38.7 Å². The number of likely N-dealkylation sites (tertiary alicyclic amines) is 1. The van der Waals surface area contributed by atoms with E-state index in [4.69, 9.17) is 10.5 Å². The van der Waals surface area contributed by atoms with Gasteiger partial charge in [-0.1, -0.05) is 0 Å². The van der Waals surface area contributed by atoms with Crippen LogP contribution in [0.1, 0.15) is 32.6 Å². The first-order valence-corrected chi connectivity index (χ1v) is 6.35. The molecule has 0 aliphatic carbocycles. The number of rotatable bonds is 6. The Kier molecular flexibility index (Phi) is 5.43. The summed E-state index contributed by atoms with van der Waals surface area (Å²) in [4.78, 5) is 2.16. The molecule has 1 aliphatic heterocycles. The van der Waals surface area contributed by atoms with Crippen LogP contribution in [0.5, 0.6) is 0 Å². The fraction of sp³-hybridized carbons (Fsp3) is 1.00. The predicted molar refractivity (Wildman–Crippen MR) is 64.4 cm³/mol. The molecule has 2 N–H and O–H groups in total. The molecule has 0 aromatic heterocycles. The Labute approximate surface area is 106 Å². The van der Waals surface area contributed by atoms with Crippen molar-refractivity contribution in [1.29, 1.82) is 0 Å². The lowest BCUT2D eigenvalue weighted by Gasteiger charge is -2.38. The third-order valence-electron chi connectivity index (χ3n) is 3.86. The largest absolute Gasteiger partial charge is 0.389 e. The fourth-order valence-corrected chi connectivity index (χ4v) is 2.47. The molecular weight excluding hydrogens is 245 g/mol. The van der Waals surface area contributed by atoms with E-state index in [2.05, 4.69) is 4.90 Å². The van der Waals surface area contributed by atoms with E-state index in [1.165, 1.54) is 0 Å². The van der Waals surface area contributed by atoms with Crippen LogP contribution in [0, 0.1) is 0 Å². The Morgan fingerprint density at radius 3 is 2.44 bits per heavy atom. The van der Waals surface area contributed by atoms with Crippen LogP contribution >= 0.6 is 0 Å². The van der Waals surface area contributed by atoms with E-state index in [0.717, 1.165) is 19.5 Å². The normalized spacial score (nSPS) is 25.3. The Morgan fingerprint density at radius 1 is 1.33 bits per heavy atom. The van der Waals surface area contributed by atoms with Gasteiger partial charge in [-0.3, -0.25) is 4.90 Å². The summed E-state index contributed by atoms with van der Waals surface area (Å²) in [6.07, 6.45) is -3.10. The first kappa shape index (κ1) is 15.7. The monoisotopic (exact) mass is 268 g/mol. The summed E-state index contributed by atoms with van der Waals surface area (Å²) in [5, 5.41) is 0. The average molecular weight is 268 g/mol. The number of nitrogens with two attached hydrogens (primary N) is 1. The quantitative estimate of drug-likeness (QED) is 0.802. The van der Waals surface area contributed by atoms with E-state index in [1.54, 1.807) is 7.11 Å². The van der Waals surface area contributed by atoms with Crippen LogP contribution in [0.2, 0.25) is 0 Å². The van der Waals surface area contributed by atoms with Gasteiger partial charge in [0.15, 0.2) is 0 Å². The second-order valence-electron chi connectivity index (χ2n) is 5.26. The van der Waals surface area contributed by atoms with E-state index in [-0.39, 0.29) is 18.1 Å². The van der Waals surface area contributed by atoms with E-state index in [9.17, 15) is 13.2 Å². The van der Waals surface area contributed by atoms with Gasteiger partial charge in [0.05, 0.1) is 6.10 Å². The molecule has 1 rings (SSSR count). The zero-order chi connectivity index (χ0) is 13.8. The van der Waals surface area contributed by atoms with Crippen LogP contribution in [0.3, 0.4) is 0 Å². The second kappa shape index (κ2) is 6.21. The molecule has 1 fully saturated rings. The zero-order valence-electron chi connectivity index (χ0n) is 11.1. The van der Waals surface area contributed by atoms with Crippen molar-refractivity contribution in [2.45, 2.75) is 50.4 Å². The number of hydrogen-bond acceptors (Lipinski definition) is 3. The summed E-state index contributed by atoms with van der Waals surface area (Å²) in [5.74, 6) is 0. The number of alkyl halides is 3. The van der Waals surface area contributed by atoms with Crippen LogP contribution in [-0.2, 0) is 4.74 Å². The molecule has 0 saturated carbocycles. The molecule has 0 bridgehead atoms. The van der Waals surface area contributed by atoms with Gasteiger partial charge in [-0.2, -0.15) is 13.2 Å². The molecule has 6 heteroatoms. The van der Waals surface area contributed by atoms with Gasteiger partial charge in [-0.25, -0.2) is 0 Å². The van der Waals surface area contributed by atoms with E-state index >= 15 is 0 Å². The van der Waals surface area contributed by atoms with Crippen molar-refractivity contribution in [2.24, 2.45) is 5.73 Å². The minimum absolute atomic E-state index is 0.130. The lowest BCUT2D eigenvalue weighted by atomic mass is 9.93. The van der Waals surface area contributed by atoms with E-state index in [1.807, 2.05) is 6.92 Å². The van der Waals surface area contributed by atoms with Crippen molar-refractivity contribution < 1.29 is 17.9 Å². The fourth-order valence-electron chi connectivity index (χ4n) is 2.47. The minimum Gasteiger partial charge on any atom is -0.380 e. The molecule has 0 radical (unpaired) electrons. The third kappa shape index (κ3) is 4.40. The summed E-state index contributed by atoms with van der Waals surface area (Å²) in [7, 11) is 1.66. The molecule has 2 unspecified atom stereocenters. The smallest absolute Gasteiger partial charge is 0.380 e. The highest BCUT2D eigenvalue weighted by Gasteiger charge is 2.37. The lowest BCUT2D eigenvalue weighted by Crippen LogP contribution is -2.51. The van der Waals surface area contributed by atoms with Gasteiger partial charge in [0.1, 0.15) is 0 Å². The van der Waals surface area contributed by atoms with Gasteiger partial charge in [-0.15, -0.1) is 0 Å². The molecular formula is C12H23F3N2O. The predicted octanol–water partition coefficient (Wildman–Crippen LogP) is 2.16. The molecule has 18 heavy (non-hydrogen) atoms. The van der Waals surface area contributed by atoms with Crippen molar-refractivity contribution in [3.05, 3.63) is 0 Å². The van der Waals surface area contributed by atoms with Crippen molar-refractivity contribution in [3.8, 4) is 0 Å². The number of halogens is 3. The topological polar surface area (TPSA) is 38.5 Å². The molecule has 1 saturated heterocycles. The molecule has 3 nitrogen and oxygen atoms in total. The van der Waals surface area contributed by atoms with Gasteiger partial charge >= 0.3 is 6.18 Å². The van der Waals surface area contributed by atoms with Crippen LogP contribution in [0.15, 0.2) is 0 Å². The van der Waals surface area contributed by atoms with Crippen LogP contribution in [0.25, 0.3) is 0 Å². The third-order valence-corrected chi connectivity index (χ3v) is 3.86. The number of methoxy groups -OCH3 is 1. The molecule has 108 valence electrons. The summed E-state index contributed by atoms with van der Waals surface area (Å²) in [5.41, 5.74) is 5.41. The first-order chi connectivity index (χ1) is 8.30. The van der Waals surface area contributed by atoms with Crippen LogP contribution in [-0.4, -0.2) is 49.5 Å². The van der Waals surface area contributed by atoms with Crippen LogP contribution < -0.4 is 5.73 Å². The highest BCUT2D eigenvalue weighted by atomic mass is 19.4. The van der Waals surface area contributed by atoms with Gasteiger partial charge < -0.3 is 10.5 Å². The summed E-state index contributed by atoms with van der Waals surface area (Å²) >= 11 is 0. The Bertz CT molecular complexity index is 260. The minimum atomic E-state index is -4.07. The maximum atomic E-state index is 12.2. The highest BCUT2D eigenvalue weighted by Crippen LogP contribution is 2.29. The average Bonchev–Trinajstić information content (AvgIpc) is 2.76. The Hall–Kier alpha value is -0.330. The molecule has 1 aliphatic rings. The number of nitrogens with zero attached hydrogens (tertiary/aromatic N) is 1. The van der Waals surface area contributed by atoms with Crippen molar-refractivity contribution in [1.82, 2.24) is 4.90 Å². The van der Waals surface area contributed by atoms with Crippen molar-refractivity contribution >= 4 is 0 Å². The Balaban J connectivity index is 2.47. The number of hydrogen-bond donors (Lipinski definition) is 1. The standard InChI is InChI=1S/C12H23F3N2O/c1-11(9-16,5-3-6-12(13,14)15)17-7-4-10(8-17)18-2/h10H,3-9,16H2,1-2H3. The molecule has 2 atom stereocenters. The second-order valence-corrected chi connectivity index (χ2v) is 5.26. The molecule has 1 heterocycles. The van der Waals surface area contributed by atoms with Crippen LogP contribution in [0.4, 0.5) is 13.2 Å². The molecule has 0 spiro atoms. The van der Waals surface area contributed by atoms with E-state index in [0.29, 0.717) is 13.0 Å². The van der Waals surface area contributed by atoms with Gasteiger partial charge in [-0.05, 0) is 26.2 Å². The maximum absolute atomic E-state index is 12.2. The van der Waals surface area contributed by atoms with Gasteiger partial charge in [0.25, 0.3) is 0 Å². The first-order valence-electron chi connectivity index (χ1n) is 6.35. The maximum Gasteiger partial charge on any atom is 0.389 e. The molecule has 0 aromatic carbocycles. The zero-order valence-corrected chi connectivity index (χ0v) is 11.1. The summed E-state index contributed by atoms with van der Waals surface area (Å²) < 4.78 is 41.8. The van der Waals surface area contributed by atoms with Gasteiger partial charge in [0.2, 0.25) is 0 Å². The lowest BCUT2D eigenvalue weighted by molar-refractivity contribution is -0.136.